The zero-order valence-corrected chi connectivity index (χ0v) is 14.4. The summed E-state index contributed by atoms with van der Waals surface area (Å²) >= 11 is 0. The van der Waals surface area contributed by atoms with E-state index in [0.29, 0.717) is 18.7 Å². The van der Waals surface area contributed by atoms with Crippen LogP contribution in [0.25, 0.3) is 11.0 Å². The van der Waals surface area contributed by atoms with Crippen molar-refractivity contribution in [3.8, 4) is 5.75 Å². The van der Waals surface area contributed by atoms with Crippen LogP contribution < -0.4 is 9.46 Å². The molecule has 6 nitrogen and oxygen atoms in total. The average molecular weight is 345 g/mol. The van der Waals surface area contributed by atoms with E-state index in [1.807, 2.05) is 31.2 Å². The SMILES string of the molecule is COc1ccc(C)cc1S(=O)(=O)NCCc1ccc2nc[nH]c2c1. The zero-order valence-electron chi connectivity index (χ0n) is 13.5. The number of H-pyrrole nitrogens is 1. The number of aromatic amines is 1. The molecule has 0 aliphatic carbocycles. The fourth-order valence-corrected chi connectivity index (χ4v) is 3.82. The summed E-state index contributed by atoms with van der Waals surface area (Å²) in [5.74, 6) is 0.340. The smallest absolute Gasteiger partial charge is 0.244 e. The topological polar surface area (TPSA) is 84.1 Å². The number of methoxy groups -OCH3 is 1. The molecule has 0 saturated carbocycles. The standard InChI is InChI=1S/C17H19N3O3S/c1-12-3-6-16(23-2)17(9-12)24(21,22)20-8-7-13-4-5-14-15(10-13)19-11-18-14/h3-6,9-11,20H,7-8H2,1-2H3,(H,18,19). The lowest BCUT2D eigenvalue weighted by atomic mass is 10.1. The van der Waals surface area contributed by atoms with Gasteiger partial charge in [-0.05, 0) is 48.7 Å². The van der Waals surface area contributed by atoms with E-state index in [1.54, 1.807) is 18.5 Å². The molecular formula is C17H19N3O3S. The Labute approximate surface area is 140 Å². The van der Waals surface area contributed by atoms with Crippen LogP contribution in [0.5, 0.6) is 5.75 Å². The molecule has 0 radical (unpaired) electrons. The minimum atomic E-state index is -3.62. The Bertz CT molecular complexity index is 964. The van der Waals surface area contributed by atoms with Crippen LogP contribution in [-0.4, -0.2) is 32.0 Å². The molecule has 126 valence electrons. The molecule has 1 aromatic heterocycles. The predicted molar refractivity (Wildman–Crippen MR) is 92.7 cm³/mol. The highest BCUT2D eigenvalue weighted by Crippen LogP contribution is 2.24. The Morgan fingerprint density at radius 3 is 2.83 bits per heavy atom. The van der Waals surface area contributed by atoms with Gasteiger partial charge in [0.2, 0.25) is 10.0 Å². The van der Waals surface area contributed by atoms with Gasteiger partial charge in [-0.25, -0.2) is 18.1 Å². The number of nitrogens with zero attached hydrogens (tertiary/aromatic N) is 1. The molecule has 0 bridgehead atoms. The Morgan fingerprint density at radius 2 is 2.04 bits per heavy atom. The van der Waals surface area contributed by atoms with Crippen LogP contribution in [0.1, 0.15) is 11.1 Å². The van der Waals surface area contributed by atoms with Crippen LogP contribution in [0.3, 0.4) is 0 Å². The zero-order chi connectivity index (χ0) is 17.2. The van der Waals surface area contributed by atoms with Gasteiger partial charge in [0, 0.05) is 6.54 Å². The van der Waals surface area contributed by atoms with E-state index < -0.39 is 10.0 Å². The first kappa shape index (κ1) is 16.5. The number of aryl methyl sites for hydroxylation is 1. The van der Waals surface area contributed by atoms with Crippen molar-refractivity contribution in [2.45, 2.75) is 18.2 Å². The maximum absolute atomic E-state index is 12.5. The van der Waals surface area contributed by atoms with Crippen LogP contribution in [0.2, 0.25) is 0 Å². The minimum absolute atomic E-state index is 0.161. The maximum atomic E-state index is 12.5. The van der Waals surface area contributed by atoms with Crippen LogP contribution in [0, 0.1) is 6.92 Å². The first-order valence-corrected chi connectivity index (χ1v) is 9.04. The third-order valence-electron chi connectivity index (χ3n) is 3.80. The summed E-state index contributed by atoms with van der Waals surface area (Å²) in [6.07, 6.45) is 2.23. The largest absolute Gasteiger partial charge is 0.495 e. The fraction of sp³-hybridized carbons (Fsp3) is 0.235. The molecule has 24 heavy (non-hydrogen) atoms. The molecular weight excluding hydrogens is 326 g/mol. The monoisotopic (exact) mass is 345 g/mol. The number of ether oxygens (including phenoxy) is 1. The number of benzene rings is 2. The Hall–Kier alpha value is -2.38. The van der Waals surface area contributed by atoms with Crippen molar-refractivity contribution in [3.63, 3.8) is 0 Å². The van der Waals surface area contributed by atoms with Gasteiger partial charge in [0.1, 0.15) is 10.6 Å². The van der Waals surface area contributed by atoms with Gasteiger partial charge in [-0.2, -0.15) is 0 Å². The van der Waals surface area contributed by atoms with Crippen LogP contribution in [-0.2, 0) is 16.4 Å². The number of imidazole rings is 1. The van der Waals surface area contributed by atoms with Crippen molar-refractivity contribution in [3.05, 3.63) is 53.9 Å². The minimum Gasteiger partial charge on any atom is -0.495 e. The molecule has 0 aliphatic rings. The molecule has 0 fully saturated rings. The van der Waals surface area contributed by atoms with Crippen LogP contribution in [0.15, 0.2) is 47.6 Å². The van der Waals surface area contributed by atoms with Crippen molar-refractivity contribution in [2.75, 3.05) is 13.7 Å². The number of hydrogen-bond donors (Lipinski definition) is 2. The fourth-order valence-electron chi connectivity index (χ4n) is 2.54. The van der Waals surface area contributed by atoms with Crippen molar-refractivity contribution in [1.82, 2.24) is 14.7 Å². The normalized spacial score (nSPS) is 11.8. The highest BCUT2D eigenvalue weighted by atomic mass is 32.2. The third-order valence-corrected chi connectivity index (χ3v) is 5.28. The van der Waals surface area contributed by atoms with Gasteiger partial charge in [-0.15, -0.1) is 0 Å². The lowest BCUT2D eigenvalue weighted by molar-refractivity contribution is 0.402. The second-order valence-electron chi connectivity index (χ2n) is 5.56. The van der Waals surface area contributed by atoms with Gasteiger partial charge in [0.05, 0.1) is 24.5 Å². The summed E-state index contributed by atoms with van der Waals surface area (Å²) < 4.78 is 32.8. The lowest BCUT2D eigenvalue weighted by Crippen LogP contribution is -2.26. The molecule has 0 aliphatic heterocycles. The Kier molecular flexibility index (Phi) is 4.55. The molecule has 1 heterocycles. The predicted octanol–water partition coefficient (Wildman–Crippen LogP) is 2.40. The number of hydrogen-bond acceptors (Lipinski definition) is 4. The lowest BCUT2D eigenvalue weighted by Gasteiger charge is -2.11. The summed E-state index contributed by atoms with van der Waals surface area (Å²) in [5.41, 5.74) is 3.73. The van der Waals surface area contributed by atoms with E-state index in [-0.39, 0.29) is 4.90 Å². The van der Waals surface area contributed by atoms with E-state index in [4.69, 9.17) is 4.74 Å². The number of nitrogens with one attached hydrogen (secondary N) is 2. The highest BCUT2D eigenvalue weighted by Gasteiger charge is 2.19. The third kappa shape index (κ3) is 3.42. The molecule has 2 aromatic carbocycles. The molecule has 2 N–H and O–H groups in total. The van der Waals surface area contributed by atoms with Crippen molar-refractivity contribution >= 4 is 21.1 Å². The van der Waals surface area contributed by atoms with Gasteiger partial charge in [-0.3, -0.25) is 0 Å². The molecule has 3 aromatic rings. The molecule has 7 heteroatoms. The average Bonchev–Trinajstić information content (AvgIpc) is 3.02. The summed E-state index contributed by atoms with van der Waals surface area (Å²) in [6, 6.07) is 10.9. The van der Waals surface area contributed by atoms with Gasteiger partial charge < -0.3 is 9.72 Å². The quantitative estimate of drug-likeness (QED) is 0.718. The highest BCUT2D eigenvalue weighted by molar-refractivity contribution is 7.89. The second-order valence-corrected chi connectivity index (χ2v) is 7.29. The molecule has 3 rings (SSSR count). The van der Waals surface area contributed by atoms with Gasteiger partial charge >= 0.3 is 0 Å². The number of fused-ring (bicyclic) bond motifs is 1. The number of sulfonamides is 1. The molecule has 0 unspecified atom stereocenters. The van der Waals surface area contributed by atoms with Crippen LogP contribution in [0.4, 0.5) is 0 Å². The van der Waals surface area contributed by atoms with Gasteiger partial charge in [0.15, 0.2) is 0 Å². The van der Waals surface area contributed by atoms with E-state index in [1.165, 1.54) is 7.11 Å². The van der Waals surface area contributed by atoms with Gasteiger partial charge in [-0.1, -0.05) is 12.1 Å². The first-order valence-electron chi connectivity index (χ1n) is 7.56. The molecule has 0 amide bonds. The summed E-state index contributed by atoms with van der Waals surface area (Å²) in [5, 5.41) is 0. The second kappa shape index (κ2) is 6.62. The van der Waals surface area contributed by atoms with E-state index in [0.717, 1.165) is 22.2 Å². The van der Waals surface area contributed by atoms with E-state index >= 15 is 0 Å². The van der Waals surface area contributed by atoms with Crippen molar-refractivity contribution in [1.29, 1.82) is 0 Å². The van der Waals surface area contributed by atoms with Crippen LogP contribution >= 0.6 is 0 Å². The van der Waals surface area contributed by atoms with E-state index in [9.17, 15) is 8.42 Å². The van der Waals surface area contributed by atoms with Crippen molar-refractivity contribution in [2.24, 2.45) is 0 Å². The summed E-state index contributed by atoms with van der Waals surface area (Å²) in [6.45, 7) is 2.15. The van der Waals surface area contributed by atoms with Crippen molar-refractivity contribution < 1.29 is 13.2 Å². The maximum Gasteiger partial charge on any atom is 0.244 e. The number of rotatable bonds is 6. The van der Waals surface area contributed by atoms with E-state index in [2.05, 4.69) is 14.7 Å². The van der Waals surface area contributed by atoms with Gasteiger partial charge in [0.25, 0.3) is 0 Å². The Morgan fingerprint density at radius 1 is 1.21 bits per heavy atom. The summed E-state index contributed by atoms with van der Waals surface area (Å²) in [4.78, 5) is 7.37. The molecule has 0 spiro atoms. The number of aromatic nitrogens is 2. The molecule has 0 saturated heterocycles. The first-order chi connectivity index (χ1) is 11.5. The Balaban J connectivity index is 1.72. The summed E-state index contributed by atoms with van der Waals surface area (Å²) in [7, 11) is -2.16. The molecule has 0 atom stereocenters.